The van der Waals surface area contributed by atoms with Crippen LogP contribution in [-0.2, 0) is 13.5 Å². The number of fused-ring (bicyclic) bond motifs is 2. The van der Waals surface area contributed by atoms with E-state index in [9.17, 15) is 14.9 Å². The van der Waals surface area contributed by atoms with Gasteiger partial charge in [-0.3, -0.25) is 19.6 Å². The third-order valence-electron chi connectivity index (χ3n) is 4.74. The van der Waals surface area contributed by atoms with Gasteiger partial charge in [-0.25, -0.2) is 4.98 Å². The Bertz CT molecular complexity index is 1090. The lowest BCUT2D eigenvalue weighted by molar-refractivity contribution is -0.384. The number of aromatic nitrogens is 3. The number of hydrogen-bond acceptors (Lipinski definition) is 5. The number of rotatable bonds is 2. The Balaban J connectivity index is 1.82. The van der Waals surface area contributed by atoms with Crippen LogP contribution < -0.4 is 4.90 Å². The molecule has 0 spiro atoms. The van der Waals surface area contributed by atoms with Crippen LogP contribution in [0.4, 0.5) is 11.4 Å². The summed E-state index contributed by atoms with van der Waals surface area (Å²) in [6.45, 7) is 4.20. The number of anilines is 1. The van der Waals surface area contributed by atoms with Crippen molar-refractivity contribution in [3.8, 4) is 0 Å². The van der Waals surface area contributed by atoms with Crippen molar-refractivity contribution >= 4 is 28.3 Å². The average molecular weight is 351 g/mol. The first-order valence-electron chi connectivity index (χ1n) is 8.27. The van der Waals surface area contributed by atoms with Crippen molar-refractivity contribution in [2.75, 3.05) is 11.4 Å². The third kappa shape index (κ3) is 2.33. The highest BCUT2D eigenvalue weighted by atomic mass is 16.6. The van der Waals surface area contributed by atoms with Crippen LogP contribution in [0.5, 0.6) is 0 Å². The Hall–Kier alpha value is -3.29. The second-order valence-electron chi connectivity index (χ2n) is 6.50. The first-order chi connectivity index (χ1) is 12.4. The number of nitro groups is 1. The van der Waals surface area contributed by atoms with Crippen LogP contribution in [0.1, 0.15) is 27.3 Å². The summed E-state index contributed by atoms with van der Waals surface area (Å²) in [5.41, 5.74) is 4.32. The van der Waals surface area contributed by atoms with Crippen molar-refractivity contribution in [2.45, 2.75) is 20.3 Å². The van der Waals surface area contributed by atoms with Crippen LogP contribution in [0.25, 0.3) is 11.0 Å². The molecule has 8 heteroatoms. The summed E-state index contributed by atoms with van der Waals surface area (Å²) in [7, 11) is 1.81. The number of non-ortho nitro benzene ring substituents is 1. The SMILES string of the molecule is Cc1cc(C(=O)N2CCc3cc([N+](=O)[O-])ccc32)c2c(C)nn(C)c2n1. The van der Waals surface area contributed by atoms with Crippen LogP contribution in [0.3, 0.4) is 0 Å². The second-order valence-corrected chi connectivity index (χ2v) is 6.50. The fraction of sp³-hybridized carbons (Fsp3) is 0.278. The topological polar surface area (TPSA) is 94.2 Å². The molecular formula is C18H17N5O3. The fourth-order valence-corrected chi connectivity index (χ4v) is 3.60. The summed E-state index contributed by atoms with van der Waals surface area (Å²) in [6, 6.07) is 6.42. The molecule has 0 bridgehead atoms. The number of carbonyl (C=O) groups excluding carboxylic acids is 1. The molecule has 1 aliphatic rings. The Labute approximate surface area is 149 Å². The maximum atomic E-state index is 13.3. The van der Waals surface area contributed by atoms with Gasteiger partial charge in [0.25, 0.3) is 11.6 Å². The minimum absolute atomic E-state index is 0.0447. The zero-order chi connectivity index (χ0) is 18.6. The molecule has 3 aromatic rings. The van der Waals surface area contributed by atoms with Crippen LogP contribution in [0, 0.1) is 24.0 Å². The first-order valence-corrected chi connectivity index (χ1v) is 8.27. The Morgan fingerprint density at radius 3 is 2.77 bits per heavy atom. The molecule has 8 nitrogen and oxygen atoms in total. The second kappa shape index (κ2) is 5.62. The van der Waals surface area contributed by atoms with Crippen molar-refractivity contribution in [3.63, 3.8) is 0 Å². The summed E-state index contributed by atoms with van der Waals surface area (Å²) in [5.74, 6) is -0.135. The van der Waals surface area contributed by atoms with E-state index < -0.39 is 4.92 Å². The molecule has 4 rings (SSSR count). The predicted octanol–water partition coefficient (Wildman–Crippen LogP) is 2.70. The number of nitro benzene ring substituents is 1. The number of carbonyl (C=O) groups is 1. The molecule has 132 valence electrons. The molecule has 1 aliphatic heterocycles. The molecule has 0 radical (unpaired) electrons. The van der Waals surface area contributed by atoms with Gasteiger partial charge in [-0.15, -0.1) is 0 Å². The normalized spacial score (nSPS) is 13.3. The van der Waals surface area contributed by atoms with Gasteiger partial charge in [0, 0.05) is 37.1 Å². The molecule has 0 saturated carbocycles. The lowest BCUT2D eigenvalue weighted by atomic mass is 10.1. The Morgan fingerprint density at radius 1 is 1.27 bits per heavy atom. The van der Waals surface area contributed by atoms with E-state index in [1.54, 1.807) is 34.8 Å². The van der Waals surface area contributed by atoms with Crippen molar-refractivity contribution in [3.05, 3.63) is 56.9 Å². The minimum atomic E-state index is -0.417. The molecule has 1 amide bonds. The molecule has 26 heavy (non-hydrogen) atoms. The average Bonchev–Trinajstić information content (AvgIpc) is 3.14. The number of amides is 1. The zero-order valence-corrected chi connectivity index (χ0v) is 14.7. The van der Waals surface area contributed by atoms with E-state index in [0.717, 1.165) is 28.0 Å². The van der Waals surface area contributed by atoms with Gasteiger partial charge in [0.05, 0.1) is 21.6 Å². The smallest absolute Gasteiger partial charge is 0.269 e. The third-order valence-corrected chi connectivity index (χ3v) is 4.74. The van der Waals surface area contributed by atoms with E-state index in [-0.39, 0.29) is 11.6 Å². The van der Waals surface area contributed by atoms with Gasteiger partial charge < -0.3 is 4.90 Å². The number of nitrogens with zero attached hydrogens (tertiary/aromatic N) is 5. The summed E-state index contributed by atoms with van der Waals surface area (Å²) >= 11 is 0. The van der Waals surface area contributed by atoms with E-state index in [0.29, 0.717) is 24.2 Å². The van der Waals surface area contributed by atoms with Crippen molar-refractivity contribution in [1.29, 1.82) is 0 Å². The molecule has 0 aliphatic carbocycles. The molecule has 1 aromatic carbocycles. The van der Waals surface area contributed by atoms with Gasteiger partial charge in [0.15, 0.2) is 5.65 Å². The van der Waals surface area contributed by atoms with Gasteiger partial charge in [0.1, 0.15) is 0 Å². The summed E-state index contributed by atoms with van der Waals surface area (Å²) in [5, 5.41) is 16.1. The number of benzene rings is 1. The van der Waals surface area contributed by atoms with Gasteiger partial charge in [-0.05, 0) is 38.0 Å². The van der Waals surface area contributed by atoms with Crippen LogP contribution in [0.2, 0.25) is 0 Å². The lowest BCUT2D eigenvalue weighted by Crippen LogP contribution is -2.29. The molecule has 0 atom stereocenters. The van der Waals surface area contributed by atoms with Crippen LogP contribution >= 0.6 is 0 Å². The maximum Gasteiger partial charge on any atom is 0.269 e. The van der Waals surface area contributed by atoms with Crippen molar-refractivity contribution in [1.82, 2.24) is 14.8 Å². The van der Waals surface area contributed by atoms with E-state index in [1.165, 1.54) is 6.07 Å². The summed E-state index contributed by atoms with van der Waals surface area (Å²) in [4.78, 5) is 30.0. The lowest BCUT2D eigenvalue weighted by Gasteiger charge is -2.18. The van der Waals surface area contributed by atoms with Gasteiger partial charge in [-0.2, -0.15) is 5.10 Å². The van der Waals surface area contributed by atoms with E-state index >= 15 is 0 Å². The minimum Gasteiger partial charge on any atom is -0.308 e. The number of aryl methyl sites for hydroxylation is 3. The van der Waals surface area contributed by atoms with E-state index in [1.807, 2.05) is 13.8 Å². The zero-order valence-electron chi connectivity index (χ0n) is 14.7. The standard InChI is InChI=1S/C18H17N5O3/c1-10-8-14(16-11(2)20-21(3)17(16)19-10)18(24)22-7-6-12-9-13(23(25)26)4-5-15(12)22/h4-5,8-9H,6-7H2,1-3H3. The molecular weight excluding hydrogens is 334 g/mol. The highest BCUT2D eigenvalue weighted by Crippen LogP contribution is 2.33. The van der Waals surface area contributed by atoms with E-state index in [2.05, 4.69) is 10.1 Å². The molecule has 0 saturated heterocycles. The molecule has 0 unspecified atom stereocenters. The van der Waals surface area contributed by atoms with Gasteiger partial charge >= 0.3 is 0 Å². The maximum absolute atomic E-state index is 13.3. The molecule has 3 heterocycles. The monoisotopic (exact) mass is 351 g/mol. The largest absolute Gasteiger partial charge is 0.308 e. The molecule has 2 aromatic heterocycles. The molecule has 0 N–H and O–H groups in total. The fourth-order valence-electron chi connectivity index (χ4n) is 3.60. The summed E-state index contributed by atoms with van der Waals surface area (Å²) < 4.78 is 1.68. The summed E-state index contributed by atoms with van der Waals surface area (Å²) in [6.07, 6.45) is 0.599. The first kappa shape index (κ1) is 16.2. The van der Waals surface area contributed by atoms with Crippen LogP contribution in [0.15, 0.2) is 24.3 Å². The Morgan fingerprint density at radius 2 is 2.04 bits per heavy atom. The molecule has 0 fully saturated rings. The van der Waals surface area contributed by atoms with Crippen LogP contribution in [-0.4, -0.2) is 32.1 Å². The van der Waals surface area contributed by atoms with Crippen molar-refractivity contribution in [2.24, 2.45) is 7.05 Å². The Kier molecular flexibility index (Phi) is 3.50. The highest BCUT2D eigenvalue weighted by Gasteiger charge is 2.29. The highest BCUT2D eigenvalue weighted by molar-refractivity contribution is 6.14. The van der Waals surface area contributed by atoms with Gasteiger partial charge in [-0.1, -0.05) is 0 Å². The van der Waals surface area contributed by atoms with E-state index in [4.69, 9.17) is 0 Å². The predicted molar refractivity (Wildman–Crippen MR) is 96.5 cm³/mol. The quantitative estimate of drug-likeness (QED) is 0.523. The van der Waals surface area contributed by atoms with Gasteiger partial charge in [0.2, 0.25) is 0 Å². The number of hydrogen-bond donors (Lipinski definition) is 0. The van der Waals surface area contributed by atoms with Crippen molar-refractivity contribution < 1.29 is 9.72 Å². The number of pyridine rings is 1.